The minimum atomic E-state index is 0.132. The second kappa shape index (κ2) is 3.09. The van der Waals surface area contributed by atoms with E-state index in [0.717, 1.165) is 23.5 Å². The Kier molecular flexibility index (Phi) is 2.35. The zero-order valence-electron chi connectivity index (χ0n) is 7.35. The van der Waals surface area contributed by atoms with Crippen LogP contribution in [0.25, 0.3) is 0 Å². The van der Waals surface area contributed by atoms with E-state index in [9.17, 15) is 0 Å². The van der Waals surface area contributed by atoms with E-state index in [1.807, 2.05) is 19.9 Å². The predicted octanol–water partition coefficient (Wildman–Crippen LogP) is 2.31. The molecule has 0 unspecified atom stereocenters. The normalized spacial score (nSPS) is 13.5. The topological polar surface area (TPSA) is 39.2 Å². The summed E-state index contributed by atoms with van der Waals surface area (Å²) >= 11 is 0. The number of rotatable bonds is 2. The van der Waals surface area contributed by atoms with Gasteiger partial charge in [0.05, 0.1) is 0 Å². The highest BCUT2D eigenvalue weighted by molar-refractivity contribution is 5.23. The van der Waals surface area contributed by atoms with E-state index < -0.39 is 0 Å². The van der Waals surface area contributed by atoms with E-state index in [4.69, 9.17) is 10.2 Å². The number of aryl methyl sites for hydroxylation is 2. The lowest BCUT2D eigenvalue weighted by atomic mass is 10.1. The average Bonchev–Trinajstić information content (AvgIpc) is 2.28. The van der Waals surface area contributed by atoms with Crippen molar-refractivity contribution in [2.45, 2.75) is 33.2 Å². The van der Waals surface area contributed by atoms with Gasteiger partial charge in [-0.1, -0.05) is 6.92 Å². The number of hydrogen-bond donors (Lipinski definition) is 1. The van der Waals surface area contributed by atoms with Gasteiger partial charge in [0.2, 0.25) is 0 Å². The molecule has 0 spiro atoms. The van der Waals surface area contributed by atoms with E-state index in [0.29, 0.717) is 0 Å². The molecule has 0 aliphatic heterocycles. The highest BCUT2D eigenvalue weighted by Crippen LogP contribution is 2.21. The van der Waals surface area contributed by atoms with Crippen LogP contribution >= 0.6 is 0 Å². The summed E-state index contributed by atoms with van der Waals surface area (Å²) in [7, 11) is 0. The second-order valence-electron chi connectivity index (χ2n) is 2.88. The summed E-state index contributed by atoms with van der Waals surface area (Å²) < 4.78 is 5.36. The monoisotopic (exact) mass is 153 g/mol. The SMILES string of the molecule is CC[C@H](N)c1cc(C)oc1C. The van der Waals surface area contributed by atoms with Crippen LogP contribution in [-0.2, 0) is 0 Å². The van der Waals surface area contributed by atoms with Gasteiger partial charge in [0, 0.05) is 11.6 Å². The molecule has 2 N–H and O–H groups in total. The molecule has 1 atom stereocenters. The molecule has 0 bridgehead atoms. The third kappa shape index (κ3) is 1.63. The van der Waals surface area contributed by atoms with Gasteiger partial charge < -0.3 is 10.2 Å². The highest BCUT2D eigenvalue weighted by Gasteiger charge is 2.10. The molecular formula is C9H15NO. The highest BCUT2D eigenvalue weighted by atomic mass is 16.3. The molecule has 0 aliphatic carbocycles. The van der Waals surface area contributed by atoms with E-state index in [2.05, 4.69) is 6.92 Å². The van der Waals surface area contributed by atoms with E-state index in [1.165, 1.54) is 0 Å². The minimum absolute atomic E-state index is 0.132. The molecule has 1 rings (SSSR count). The molecule has 0 fully saturated rings. The Morgan fingerprint density at radius 2 is 2.18 bits per heavy atom. The van der Waals surface area contributed by atoms with Crippen LogP contribution in [-0.4, -0.2) is 0 Å². The summed E-state index contributed by atoms with van der Waals surface area (Å²) in [6.07, 6.45) is 0.958. The number of hydrogen-bond acceptors (Lipinski definition) is 2. The quantitative estimate of drug-likeness (QED) is 0.708. The number of furan rings is 1. The second-order valence-corrected chi connectivity index (χ2v) is 2.88. The van der Waals surface area contributed by atoms with Gasteiger partial charge in [-0.25, -0.2) is 0 Å². The van der Waals surface area contributed by atoms with Gasteiger partial charge in [-0.15, -0.1) is 0 Å². The molecule has 0 amide bonds. The molecule has 0 saturated heterocycles. The van der Waals surface area contributed by atoms with Gasteiger partial charge in [-0.2, -0.15) is 0 Å². The maximum atomic E-state index is 5.85. The summed E-state index contributed by atoms with van der Waals surface area (Å²) in [5, 5.41) is 0. The Hall–Kier alpha value is -0.760. The van der Waals surface area contributed by atoms with E-state index in [1.54, 1.807) is 0 Å². The van der Waals surface area contributed by atoms with Gasteiger partial charge in [0.1, 0.15) is 11.5 Å². The van der Waals surface area contributed by atoms with Gasteiger partial charge in [0.25, 0.3) is 0 Å². The standard InChI is InChI=1S/C9H15NO/c1-4-9(10)8-5-6(2)11-7(8)3/h5,9H,4,10H2,1-3H3/t9-/m0/s1. The first-order valence-electron chi connectivity index (χ1n) is 3.97. The van der Waals surface area contributed by atoms with E-state index >= 15 is 0 Å². The molecule has 0 aromatic carbocycles. The molecular weight excluding hydrogens is 138 g/mol. The first kappa shape index (κ1) is 8.34. The van der Waals surface area contributed by atoms with Crippen molar-refractivity contribution in [2.75, 3.05) is 0 Å². The van der Waals surface area contributed by atoms with Crippen LogP contribution in [0, 0.1) is 13.8 Å². The third-order valence-electron chi connectivity index (χ3n) is 1.92. The first-order chi connectivity index (χ1) is 5.15. The lowest BCUT2D eigenvalue weighted by Gasteiger charge is -2.05. The van der Waals surface area contributed by atoms with Crippen molar-refractivity contribution in [3.63, 3.8) is 0 Å². The van der Waals surface area contributed by atoms with Crippen molar-refractivity contribution < 1.29 is 4.42 Å². The maximum absolute atomic E-state index is 5.85. The molecule has 1 heterocycles. The molecule has 1 aromatic rings. The lowest BCUT2D eigenvalue weighted by Crippen LogP contribution is -2.08. The van der Waals surface area contributed by atoms with Crippen LogP contribution in [0.3, 0.4) is 0 Å². The van der Waals surface area contributed by atoms with Crippen molar-refractivity contribution in [3.8, 4) is 0 Å². The first-order valence-corrected chi connectivity index (χ1v) is 3.97. The smallest absolute Gasteiger partial charge is 0.105 e. The molecule has 2 heteroatoms. The van der Waals surface area contributed by atoms with E-state index in [-0.39, 0.29) is 6.04 Å². The molecule has 0 aliphatic rings. The summed E-state index contributed by atoms with van der Waals surface area (Å²) in [6, 6.07) is 2.15. The van der Waals surface area contributed by atoms with Crippen molar-refractivity contribution in [2.24, 2.45) is 5.73 Å². The summed E-state index contributed by atoms with van der Waals surface area (Å²) in [4.78, 5) is 0. The molecule has 0 saturated carbocycles. The van der Waals surface area contributed by atoms with Crippen LogP contribution in [0.1, 0.15) is 36.5 Å². The van der Waals surface area contributed by atoms with Crippen LogP contribution in [0.2, 0.25) is 0 Å². The van der Waals surface area contributed by atoms with Crippen molar-refractivity contribution >= 4 is 0 Å². The fourth-order valence-electron chi connectivity index (χ4n) is 1.24. The maximum Gasteiger partial charge on any atom is 0.105 e. The zero-order chi connectivity index (χ0) is 8.43. The fraction of sp³-hybridized carbons (Fsp3) is 0.556. The molecule has 62 valence electrons. The van der Waals surface area contributed by atoms with Crippen LogP contribution < -0.4 is 5.73 Å². The largest absolute Gasteiger partial charge is 0.466 e. The third-order valence-corrected chi connectivity index (χ3v) is 1.92. The molecule has 11 heavy (non-hydrogen) atoms. The van der Waals surface area contributed by atoms with Crippen LogP contribution in [0.4, 0.5) is 0 Å². The number of nitrogens with two attached hydrogens (primary N) is 1. The van der Waals surface area contributed by atoms with Crippen molar-refractivity contribution in [1.82, 2.24) is 0 Å². The van der Waals surface area contributed by atoms with Crippen molar-refractivity contribution in [3.05, 3.63) is 23.2 Å². The van der Waals surface area contributed by atoms with Crippen LogP contribution in [0.15, 0.2) is 10.5 Å². The van der Waals surface area contributed by atoms with Gasteiger partial charge in [0.15, 0.2) is 0 Å². The lowest BCUT2D eigenvalue weighted by molar-refractivity contribution is 0.496. The molecule has 0 radical (unpaired) electrons. The Morgan fingerprint density at radius 3 is 2.55 bits per heavy atom. The van der Waals surface area contributed by atoms with Crippen LogP contribution in [0.5, 0.6) is 0 Å². The summed E-state index contributed by atoms with van der Waals surface area (Å²) in [6.45, 7) is 5.98. The zero-order valence-corrected chi connectivity index (χ0v) is 7.35. The van der Waals surface area contributed by atoms with Gasteiger partial charge in [-0.05, 0) is 26.3 Å². The fourth-order valence-corrected chi connectivity index (χ4v) is 1.24. The van der Waals surface area contributed by atoms with Gasteiger partial charge in [-0.3, -0.25) is 0 Å². The average molecular weight is 153 g/mol. The Labute approximate surface area is 67.4 Å². The molecule has 2 nitrogen and oxygen atoms in total. The minimum Gasteiger partial charge on any atom is -0.466 e. The Bertz CT molecular complexity index is 240. The van der Waals surface area contributed by atoms with Crippen molar-refractivity contribution in [1.29, 1.82) is 0 Å². The predicted molar refractivity (Wildman–Crippen MR) is 45.4 cm³/mol. The molecule has 1 aromatic heterocycles. The Balaban J connectivity index is 2.93. The summed E-state index contributed by atoms with van der Waals surface area (Å²) in [5.41, 5.74) is 6.99. The summed E-state index contributed by atoms with van der Waals surface area (Å²) in [5.74, 6) is 1.90. The van der Waals surface area contributed by atoms with Gasteiger partial charge >= 0.3 is 0 Å². The Morgan fingerprint density at radius 1 is 1.55 bits per heavy atom.